The zero-order chi connectivity index (χ0) is 12.4. The van der Waals surface area contributed by atoms with Gasteiger partial charge in [-0.15, -0.1) is 5.10 Å². The Kier molecular flexibility index (Phi) is 3.49. The summed E-state index contributed by atoms with van der Waals surface area (Å²) in [5.41, 5.74) is 1.45. The minimum Gasteiger partial charge on any atom is -0.383 e. The number of nitrogens with zero attached hydrogens (tertiary/aromatic N) is 2. The summed E-state index contributed by atoms with van der Waals surface area (Å²) in [7, 11) is 0. The van der Waals surface area contributed by atoms with Crippen LogP contribution in [0.15, 0.2) is 24.3 Å². The molecule has 90 valence electrons. The van der Waals surface area contributed by atoms with Crippen LogP contribution in [0, 0.1) is 5.82 Å². The van der Waals surface area contributed by atoms with E-state index in [1.165, 1.54) is 23.7 Å². The first-order valence-electron chi connectivity index (χ1n) is 5.35. The quantitative estimate of drug-likeness (QED) is 0.913. The number of aliphatic hydroxyl groups excluding tert-OH is 1. The van der Waals surface area contributed by atoms with E-state index in [1.807, 2.05) is 13.8 Å². The number of aliphatic hydroxyl groups is 1. The third-order valence-corrected chi connectivity index (χ3v) is 3.31. The highest BCUT2D eigenvalue weighted by Gasteiger charge is 2.20. The summed E-state index contributed by atoms with van der Waals surface area (Å²) >= 11 is 1.18. The van der Waals surface area contributed by atoms with Gasteiger partial charge in [-0.3, -0.25) is 0 Å². The lowest BCUT2D eigenvalue weighted by Crippen LogP contribution is -2.02. The first-order chi connectivity index (χ1) is 8.09. The number of hydrogen-bond donors (Lipinski definition) is 1. The number of rotatable bonds is 3. The van der Waals surface area contributed by atoms with Crippen molar-refractivity contribution in [1.29, 1.82) is 0 Å². The van der Waals surface area contributed by atoms with Crippen molar-refractivity contribution in [2.24, 2.45) is 0 Å². The second kappa shape index (κ2) is 4.89. The predicted octanol–water partition coefficient (Wildman–Crippen LogP) is 2.88. The van der Waals surface area contributed by atoms with Gasteiger partial charge in [0.15, 0.2) is 0 Å². The maximum atomic E-state index is 12.8. The largest absolute Gasteiger partial charge is 0.383 e. The van der Waals surface area contributed by atoms with E-state index in [0.29, 0.717) is 5.56 Å². The van der Waals surface area contributed by atoms with Crippen LogP contribution in [0.1, 0.15) is 42.0 Å². The van der Waals surface area contributed by atoms with Crippen molar-refractivity contribution in [2.75, 3.05) is 0 Å². The number of halogens is 1. The van der Waals surface area contributed by atoms with Crippen LogP contribution in [0.3, 0.4) is 0 Å². The standard InChI is InChI=1S/C12H13FN2OS/c1-7(2)10-12(17-15-14-10)11(16)8-3-5-9(13)6-4-8/h3-7,11,16H,1-2H3. The zero-order valence-corrected chi connectivity index (χ0v) is 10.4. The molecule has 0 aliphatic carbocycles. The summed E-state index contributed by atoms with van der Waals surface area (Å²) in [4.78, 5) is 0.728. The van der Waals surface area contributed by atoms with Crippen LogP contribution in [0.5, 0.6) is 0 Å². The molecule has 1 atom stereocenters. The Bertz CT molecular complexity index is 495. The van der Waals surface area contributed by atoms with Crippen LogP contribution in [-0.4, -0.2) is 14.7 Å². The second-order valence-electron chi connectivity index (χ2n) is 4.13. The topological polar surface area (TPSA) is 46.0 Å². The predicted molar refractivity (Wildman–Crippen MR) is 64.5 cm³/mol. The molecule has 0 saturated carbocycles. The molecule has 1 unspecified atom stereocenters. The van der Waals surface area contributed by atoms with Crippen LogP contribution in [-0.2, 0) is 0 Å². The molecule has 2 aromatic rings. The van der Waals surface area contributed by atoms with Gasteiger partial charge in [-0.05, 0) is 35.1 Å². The smallest absolute Gasteiger partial charge is 0.123 e. The molecule has 0 amide bonds. The fourth-order valence-electron chi connectivity index (χ4n) is 1.59. The van der Waals surface area contributed by atoms with Crippen molar-refractivity contribution in [3.63, 3.8) is 0 Å². The Balaban J connectivity index is 2.33. The molecule has 1 aromatic carbocycles. The third-order valence-electron chi connectivity index (χ3n) is 2.52. The number of aromatic nitrogens is 2. The number of benzene rings is 1. The lowest BCUT2D eigenvalue weighted by Gasteiger charge is -2.11. The number of hydrogen-bond acceptors (Lipinski definition) is 4. The Morgan fingerprint density at radius 2 is 1.88 bits per heavy atom. The zero-order valence-electron chi connectivity index (χ0n) is 9.59. The Labute approximate surface area is 103 Å². The highest BCUT2D eigenvalue weighted by molar-refractivity contribution is 7.05. The van der Waals surface area contributed by atoms with Crippen LogP contribution in [0.4, 0.5) is 4.39 Å². The van der Waals surface area contributed by atoms with Crippen LogP contribution >= 0.6 is 11.5 Å². The van der Waals surface area contributed by atoms with Gasteiger partial charge in [0.1, 0.15) is 11.9 Å². The molecule has 1 heterocycles. The summed E-state index contributed by atoms with van der Waals surface area (Å²) in [6.45, 7) is 4.00. The molecule has 5 heteroatoms. The van der Waals surface area contributed by atoms with Crippen molar-refractivity contribution >= 4 is 11.5 Å². The van der Waals surface area contributed by atoms with E-state index in [-0.39, 0.29) is 11.7 Å². The lowest BCUT2D eigenvalue weighted by atomic mass is 10.0. The second-order valence-corrected chi connectivity index (χ2v) is 4.92. The van der Waals surface area contributed by atoms with E-state index in [0.717, 1.165) is 10.6 Å². The minimum atomic E-state index is -0.784. The van der Waals surface area contributed by atoms with Gasteiger partial charge in [0, 0.05) is 0 Å². The maximum absolute atomic E-state index is 12.8. The molecule has 3 nitrogen and oxygen atoms in total. The Hall–Kier alpha value is -1.33. The molecule has 0 radical (unpaired) electrons. The van der Waals surface area contributed by atoms with E-state index >= 15 is 0 Å². The summed E-state index contributed by atoms with van der Waals surface area (Å²) in [6.07, 6.45) is -0.784. The van der Waals surface area contributed by atoms with Crippen molar-refractivity contribution in [1.82, 2.24) is 9.59 Å². The van der Waals surface area contributed by atoms with Crippen LogP contribution < -0.4 is 0 Å². The van der Waals surface area contributed by atoms with E-state index < -0.39 is 6.10 Å². The normalized spacial score (nSPS) is 13.0. The fraction of sp³-hybridized carbons (Fsp3) is 0.333. The average Bonchev–Trinajstić information content (AvgIpc) is 2.78. The Morgan fingerprint density at radius 1 is 1.24 bits per heavy atom. The first kappa shape index (κ1) is 12.1. The lowest BCUT2D eigenvalue weighted by molar-refractivity contribution is 0.222. The van der Waals surface area contributed by atoms with Crippen molar-refractivity contribution in [3.05, 3.63) is 46.2 Å². The molecule has 17 heavy (non-hydrogen) atoms. The SMILES string of the molecule is CC(C)c1nnsc1C(O)c1ccc(F)cc1. The molecule has 2 rings (SSSR count). The van der Waals surface area contributed by atoms with E-state index in [4.69, 9.17) is 0 Å². The van der Waals surface area contributed by atoms with E-state index in [2.05, 4.69) is 9.59 Å². The molecule has 0 bridgehead atoms. The van der Waals surface area contributed by atoms with Gasteiger partial charge in [0.05, 0.1) is 10.6 Å². The molecule has 0 aliphatic heterocycles. The first-order valence-corrected chi connectivity index (χ1v) is 6.12. The molecule has 1 aromatic heterocycles. The van der Waals surface area contributed by atoms with Gasteiger partial charge < -0.3 is 5.11 Å². The Morgan fingerprint density at radius 3 is 2.47 bits per heavy atom. The molecule has 0 fully saturated rings. The maximum Gasteiger partial charge on any atom is 0.123 e. The van der Waals surface area contributed by atoms with Crippen molar-refractivity contribution in [3.8, 4) is 0 Å². The monoisotopic (exact) mass is 252 g/mol. The molecule has 0 saturated heterocycles. The van der Waals surface area contributed by atoms with Gasteiger partial charge in [0.25, 0.3) is 0 Å². The van der Waals surface area contributed by atoms with Crippen molar-refractivity contribution in [2.45, 2.75) is 25.9 Å². The molecular weight excluding hydrogens is 239 g/mol. The minimum absolute atomic E-state index is 0.207. The van der Waals surface area contributed by atoms with Crippen molar-refractivity contribution < 1.29 is 9.50 Å². The van der Waals surface area contributed by atoms with Crippen LogP contribution in [0.2, 0.25) is 0 Å². The molecule has 0 spiro atoms. The summed E-state index contributed by atoms with van der Waals surface area (Å²) in [5, 5.41) is 14.2. The third kappa shape index (κ3) is 2.50. The summed E-state index contributed by atoms with van der Waals surface area (Å²) in [5.74, 6) is -0.105. The molecule has 1 N–H and O–H groups in total. The van der Waals surface area contributed by atoms with Crippen LogP contribution in [0.25, 0.3) is 0 Å². The molecule has 0 aliphatic rings. The van der Waals surface area contributed by atoms with Gasteiger partial charge in [0.2, 0.25) is 0 Å². The van der Waals surface area contributed by atoms with Gasteiger partial charge in [-0.1, -0.05) is 30.5 Å². The highest BCUT2D eigenvalue weighted by Crippen LogP contribution is 2.30. The van der Waals surface area contributed by atoms with E-state index in [9.17, 15) is 9.50 Å². The van der Waals surface area contributed by atoms with Gasteiger partial charge in [-0.25, -0.2) is 4.39 Å². The van der Waals surface area contributed by atoms with Gasteiger partial charge >= 0.3 is 0 Å². The highest BCUT2D eigenvalue weighted by atomic mass is 32.1. The molecular formula is C12H13FN2OS. The summed E-state index contributed by atoms with van der Waals surface area (Å²) in [6, 6.07) is 5.82. The fourth-order valence-corrected chi connectivity index (χ4v) is 2.41. The average molecular weight is 252 g/mol. The van der Waals surface area contributed by atoms with Gasteiger partial charge in [-0.2, -0.15) is 0 Å². The van der Waals surface area contributed by atoms with E-state index in [1.54, 1.807) is 12.1 Å². The summed E-state index contributed by atoms with van der Waals surface area (Å²) < 4.78 is 16.7.